The number of hydrazone groups is 1. The van der Waals surface area contributed by atoms with E-state index >= 15 is 0 Å². The highest BCUT2D eigenvalue weighted by Gasteiger charge is 2.22. The molecule has 6 nitrogen and oxygen atoms in total. The predicted octanol–water partition coefficient (Wildman–Crippen LogP) is 3.75. The van der Waals surface area contributed by atoms with Crippen molar-refractivity contribution in [1.82, 2.24) is 10.3 Å². The minimum absolute atomic E-state index is 0.0357. The third-order valence-electron chi connectivity index (χ3n) is 6.24. The van der Waals surface area contributed by atoms with Crippen LogP contribution in [-0.2, 0) is 9.59 Å². The van der Waals surface area contributed by atoms with Crippen LogP contribution in [0.25, 0.3) is 0 Å². The van der Waals surface area contributed by atoms with Crippen LogP contribution < -0.4 is 10.7 Å². The Balaban J connectivity index is 1.22. The second kappa shape index (κ2) is 9.88. The van der Waals surface area contributed by atoms with E-state index in [2.05, 4.69) is 51.1 Å². The molecule has 0 radical (unpaired) electrons. The van der Waals surface area contributed by atoms with E-state index in [4.69, 9.17) is 0 Å². The van der Waals surface area contributed by atoms with E-state index in [9.17, 15) is 9.59 Å². The van der Waals surface area contributed by atoms with E-state index in [0.29, 0.717) is 18.8 Å². The van der Waals surface area contributed by atoms with Gasteiger partial charge in [0.25, 0.3) is 0 Å². The second-order valence-electron chi connectivity index (χ2n) is 8.54. The van der Waals surface area contributed by atoms with Crippen molar-refractivity contribution in [1.29, 1.82) is 0 Å². The topological polar surface area (TPSA) is 73.8 Å². The van der Waals surface area contributed by atoms with E-state index in [-0.39, 0.29) is 17.7 Å². The average molecular weight is 419 g/mol. The normalized spacial score (nSPS) is 20.1. The van der Waals surface area contributed by atoms with Gasteiger partial charge in [-0.3, -0.25) is 9.59 Å². The van der Waals surface area contributed by atoms with Gasteiger partial charge < -0.3 is 10.2 Å². The number of nitrogens with one attached hydrogen (secondary N) is 2. The number of amides is 2. The molecule has 0 aliphatic carbocycles. The Labute approximate surface area is 183 Å². The Morgan fingerprint density at radius 3 is 2.48 bits per heavy atom. The van der Waals surface area contributed by atoms with Crippen LogP contribution in [-0.4, -0.2) is 42.1 Å². The highest BCUT2D eigenvalue weighted by atomic mass is 16.2. The molecule has 0 aromatic heterocycles. The van der Waals surface area contributed by atoms with Gasteiger partial charge in [0.2, 0.25) is 11.8 Å². The lowest BCUT2D eigenvalue weighted by Crippen LogP contribution is -2.35. The fraction of sp³-hybridized carbons (Fsp3) is 0.400. The molecule has 2 heterocycles. The van der Waals surface area contributed by atoms with Crippen molar-refractivity contribution in [2.45, 2.75) is 38.5 Å². The van der Waals surface area contributed by atoms with Gasteiger partial charge in [0, 0.05) is 31.0 Å². The first-order chi connectivity index (χ1) is 15.1. The third-order valence-corrected chi connectivity index (χ3v) is 6.24. The molecule has 2 amide bonds. The summed E-state index contributed by atoms with van der Waals surface area (Å²) in [6.45, 7) is 4.87. The fourth-order valence-electron chi connectivity index (χ4n) is 4.42. The Kier molecular flexibility index (Phi) is 6.77. The van der Waals surface area contributed by atoms with Gasteiger partial charge in [-0.1, -0.05) is 49.4 Å². The second-order valence-corrected chi connectivity index (χ2v) is 8.54. The molecule has 6 heteroatoms. The van der Waals surface area contributed by atoms with Gasteiger partial charge in [0.1, 0.15) is 0 Å². The molecule has 0 spiro atoms. The molecule has 162 valence electrons. The average Bonchev–Trinajstić information content (AvgIpc) is 2.79. The van der Waals surface area contributed by atoms with Crippen LogP contribution in [0.2, 0.25) is 0 Å². The summed E-state index contributed by atoms with van der Waals surface area (Å²) in [4.78, 5) is 26.2. The van der Waals surface area contributed by atoms with Gasteiger partial charge >= 0.3 is 0 Å². The van der Waals surface area contributed by atoms with Crippen LogP contribution in [0.3, 0.4) is 0 Å². The molecule has 1 unspecified atom stereocenters. The lowest BCUT2D eigenvalue weighted by atomic mass is 9.89. The Bertz CT molecular complexity index is 932. The van der Waals surface area contributed by atoms with Gasteiger partial charge in [-0.15, -0.1) is 0 Å². The largest absolute Gasteiger partial charge is 0.326 e. The molecule has 0 bridgehead atoms. The first-order valence-corrected chi connectivity index (χ1v) is 11.1. The molecule has 2 aromatic carbocycles. The summed E-state index contributed by atoms with van der Waals surface area (Å²) in [5.74, 6) is 0.702. The van der Waals surface area contributed by atoms with E-state index < -0.39 is 0 Å². The number of benzene rings is 2. The van der Waals surface area contributed by atoms with Crippen molar-refractivity contribution >= 4 is 23.2 Å². The van der Waals surface area contributed by atoms with Gasteiger partial charge in [-0.05, 0) is 55.1 Å². The van der Waals surface area contributed by atoms with Crippen molar-refractivity contribution in [2.75, 3.05) is 25.0 Å². The number of piperidine rings is 1. The standard InChI is InChI=1S/C25H30N4O2/c1-18-17-24(31)27-28-25(18)21-7-9-22(10-8-21)26-23(30)13-16-29-14-11-20(12-15-29)19-5-3-2-4-6-19/h2-10,18,20H,11-17H2,1H3,(H,26,30)(H,27,31). The Hall–Kier alpha value is -2.99. The SMILES string of the molecule is CC1CC(=O)NN=C1c1ccc(NC(=O)CCN2CCC(c3ccccc3)CC2)cc1. The number of likely N-dealkylation sites (tertiary alicyclic amines) is 1. The van der Waals surface area contributed by atoms with E-state index in [1.807, 2.05) is 31.2 Å². The minimum Gasteiger partial charge on any atom is -0.326 e. The van der Waals surface area contributed by atoms with Crippen LogP contribution in [0.1, 0.15) is 49.7 Å². The summed E-state index contributed by atoms with van der Waals surface area (Å²) in [6, 6.07) is 18.4. The summed E-state index contributed by atoms with van der Waals surface area (Å²) in [6.07, 6.45) is 3.24. The molecule has 1 saturated heterocycles. The van der Waals surface area contributed by atoms with Crippen molar-refractivity contribution in [2.24, 2.45) is 11.0 Å². The molecule has 0 saturated carbocycles. The maximum Gasteiger partial charge on any atom is 0.240 e. The molecule has 1 atom stereocenters. The molecule has 4 rings (SSSR count). The van der Waals surface area contributed by atoms with Crippen LogP contribution >= 0.6 is 0 Å². The summed E-state index contributed by atoms with van der Waals surface area (Å²) >= 11 is 0. The summed E-state index contributed by atoms with van der Waals surface area (Å²) in [5, 5.41) is 7.17. The van der Waals surface area contributed by atoms with Crippen LogP contribution in [0.5, 0.6) is 0 Å². The monoisotopic (exact) mass is 418 g/mol. The molecule has 2 aliphatic rings. The predicted molar refractivity (Wildman–Crippen MR) is 123 cm³/mol. The number of hydrogen-bond donors (Lipinski definition) is 2. The smallest absolute Gasteiger partial charge is 0.240 e. The highest BCUT2D eigenvalue weighted by molar-refractivity contribution is 6.06. The lowest BCUT2D eigenvalue weighted by Gasteiger charge is -2.32. The maximum absolute atomic E-state index is 12.4. The highest BCUT2D eigenvalue weighted by Crippen LogP contribution is 2.27. The summed E-state index contributed by atoms with van der Waals surface area (Å²) in [7, 11) is 0. The van der Waals surface area contributed by atoms with Crippen molar-refractivity contribution in [3.05, 3.63) is 65.7 Å². The molecular weight excluding hydrogens is 388 g/mol. The Morgan fingerprint density at radius 2 is 1.81 bits per heavy atom. The quantitative estimate of drug-likeness (QED) is 0.750. The van der Waals surface area contributed by atoms with Crippen molar-refractivity contribution in [3.8, 4) is 0 Å². The number of hydrogen-bond acceptors (Lipinski definition) is 4. The molecule has 1 fully saturated rings. The zero-order valence-corrected chi connectivity index (χ0v) is 18.0. The van der Waals surface area contributed by atoms with E-state index in [1.54, 1.807) is 0 Å². The molecular formula is C25H30N4O2. The van der Waals surface area contributed by atoms with E-state index in [1.165, 1.54) is 5.56 Å². The number of nitrogens with zero attached hydrogens (tertiary/aromatic N) is 2. The number of rotatable bonds is 6. The number of carbonyl (C=O) groups excluding carboxylic acids is 2. The van der Waals surface area contributed by atoms with Gasteiger partial charge in [0.15, 0.2) is 0 Å². The first kappa shape index (κ1) is 21.2. The van der Waals surface area contributed by atoms with E-state index in [0.717, 1.165) is 49.4 Å². The zero-order chi connectivity index (χ0) is 21.6. The van der Waals surface area contributed by atoms with Crippen LogP contribution in [0.15, 0.2) is 59.7 Å². The number of carbonyl (C=O) groups is 2. The van der Waals surface area contributed by atoms with Gasteiger partial charge in [-0.2, -0.15) is 5.10 Å². The Morgan fingerprint density at radius 1 is 1.10 bits per heavy atom. The zero-order valence-electron chi connectivity index (χ0n) is 18.0. The molecule has 2 aromatic rings. The minimum atomic E-state index is -0.0515. The van der Waals surface area contributed by atoms with Crippen LogP contribution in [0, 0.1) is 5.92 Å². The summed E-state index contributed by atoms with van der Waals surface area (Å²) in [5.41, 5.74) is 6.59. The van der Waals surface area contributed by atoms with Crippen LogP contribution in [0.4, 0.5) is 5.69 Å². The first-order valence-electron chi connectivity index (χ1n) is 11.1. The third kappa shape index (κ3) is 5.58. The van der Waals surface area contributed by atoms with Crippen molar-refractivity contribution < 1.29 is 9.59 Å². The maximum atomic E-state index is 12.4. The van der Waals surface area contributed by atoms with Gasteiger partial charge in [0.05, 0.1) is 5.71 Å². The molecule has 31 heavy (non-hydrogen) atoms. The fourth-order valence-corrected chi connectivity index (χ4v) is 4.42. The lowest BCUT2D eigenvalue weighted by molar-refractivity contribution is -0.122. The number of anilines is 1. The molecule has 2 N–H and O–H groups in total. The molecule has 2 aliphatic heterocycles. The van der Waals surface area contributed by atoms with Gasteiger partial charge in [-0.25, -0.2) is 5.43 Å². The van der Waals surface area contributed by atoms with Crippen molar-refractivity contribution in [3.63, 3.8) is 0 Å². The summed E-state index contributed by atoms with van der Waals surface area (Å²) < 4.78 is 0.